The van der Waals surface area contributed by atoms with E-state index in [1.807, 2.05) is 42.0 Å². The summed E-state index contributed by atoms with van der Waals surface area (Å²) in [7, 11) is -3.40. The van der Waals surface area contributed by atoms with Crippen LogP contribution in [0.2, 0.25) is 0 Å². The van der Waals surface area contributed by atoms with E-state index in [2.05, 4.69) is 15.0 Å². The number of imidazole rings is 1. The standard InChI is InChI=1S/C20H22N4O3S2/c1-14-8-9-16(12-17(14)23-29(3,26)27)22-19(25)13-28-20-21-10-11-24(20)18-7-5-4-6-15(18)2/h4-12,23H,13H2,1-3H3,(H,22,25). The summed E-state index contributed by atoms with van der Waals surface area (Å²) in [5, 5.41) is 3.52. The molecule has 2 aromatic carbocycles. The van der Waals surface area contributed by atoms with E-state index in [9.17, 15) is 13.2 Å². The van der Waals surface area contributed by atoms with Gasteiger partial charge in [0.15, 0.2) is 5.16 Å². The van der Waals surface area contributed by atoms with Crippen LogP contribution in [0.3, 0.4) is 0 Å². The van der Waals surface area contributed by atoms with Gasteiger partial charge in [-0.3, -0.25) is 14.1 Å². The molecule has 0 radical (unpaired) electrons. The number of hydrogen-bond acceptors (Lipinski definition) is 5. The van der Waals surface area contributed by atoms with Crippen LogP contribution < -0.4 is 10.0 Å². The maximum absolute atomic E-state index is 12.4. The van der Waals surface area contributed by atoms with Crippen LogP contribution in [-0.4, -0.2) is 35.9 Å². The number of rotatable bonds is 7. The number of hydrogen-bond donors (Lipinski definition) is 2. The summed E-state index contributed by atoms with van der Waals surface area (Å²) in [5.74, 6) is -0.0329. The molecule has 3 aromatic rings. The van der Waals surface area contributed by atoms with Gasteiger partial charge in [-0.05, 0) is 43.2 Å². The Morgan fingerprint density at radius 3 is 2.62 bits per heavy atom. The number of anilines is 2. The molecule has 0 atom stereocenters. The topological polar surface area (TPSA) is 93.1 Å². The van der Waals surface area contributed by atoms with Crippen LogP contribution in [0, 0.1) is 13.8 Å². The number of para-hydroxylation sites is 1. The summed E-state index contributed by atoms with van der Waals surface area (Å²) in [6.45, 7) is 3.82. The molecule has 0 spiro atoms. The summed E-state index contributed by atoms with van der Waals surface area (Å²) < 4.78 is 27.4. The predicted molar refractivity (Wildman–Crippen MR) is 117 cm³/mol. The fourth-order valence-electron chi connectivity index (χ4n) is 2.75. The molecule has 29 heavy (non-hydrogen) atoms. The van der Waals surface area contributed by atoms with E-state index in [0.29, 0.717) is 11.4 Å². The first kappa shape index (κ1) is 20.9. The summed E-state index contributed by atoms with van der Waals surface area (Å²) in [6.07, 6.45) is 4.66. The number of aryl methyl sites for hydroxylation is 2. The molecule has 3 rings (SSSR count). The predicted octanol–water partition coefficient (Wildman–Crippen LogP) is 3.59. The molecule has 1 heterocycles. The van der Waals surface area contributed by atoms with E-state index in [4.69, 9.17) is 0 Å². The van der Waals surface area contributed by atoms with E-state index in [1.54, 1.807) is 31.3 Å². The zero-order chi connectivity index (χ0) is 21.0. The smallest absolute Gasteiger partial charge is 0.234 e. The van der Waals surface area contributed by atoms with Crippen molar-refractivity contribution in [1.29, 1.82) is 0 Å². The normalized spacial score (nSPS) is 11.3. The van der Waals surface area contributed by atoms with Crippen molar-refractivity contribution in [3.63, 3.8) is 0 Å². The Kier molecular flexibility index (Phi) is 6.29. The second kappa shape index (κ2) is 8.71. The van der Waals surface area contributed by atoms with Crippen LogP contribution in [0.1, 0.15) is 11.1 Å². The Balaban J connectivity index is 1.67. The Bertz CT molecular complexity index is 1140. The fraction of sp³-hybridized carbons (Fsp3) is 0.200. The van der Waals surface area contributed by atoms with Gasteiger partial charge in [-0.15, -0.1) is 0 Å². The highest BCUT2D eigenvalue weighted by Gasteiger charge is 2.12. The maximum atomic E-state index is 12.4. The quantitative estimate of drug-likeness (QED) is 0.559. The lowest BCUT2D eigenvalue weighted by Gasteiger charge is -2.12. The van der Waals surface area contributed by atoms with Crippen LogP contribution in [-0.2, 0) is 14.8 Å². The van der Waals surface area contributed by atoms with Crippen molar-refractivity contribution in [3.05, 3.63) is 66.0 Å². The number of carbonyl (C=O) groups is 1. The molecular formula is C20H22N4O3S2. The van der Waals surface area contributed by atoms with Gasteiger partial charge in [0.2, 0.25) is 15.9 Å². The Hall–Kier alpha value is -2.78. The molecule has 1 aromatic heterocycles. The van der Waals surface area contributed by atoms with Crippen LogP contribution in [0.4, 0.5) is 11.4 Å². The molecule has 0 fully saturated rings. The Morgan fingerprint density at radius 1 is 1.14 bits per heavy atom. The van der Waals surface area contributed by atoms with Crippen molar-refractivity contribution >= 4 is 39.1 Å². The van der Waals surface area contributed by atoms with Crippen LogP contribution in [0.15, 0.2) is 60.0 Å². The number of aromatic nitrogens is 2. The molecule has 2 N–H and O–H groups in total. The highest BCUT2D eigenvalue weighted by molar-refractivity contribution is 7.99. The zero-order valence-corrected chi connectivity index (χ0v) is 18.0. The maximum Gasteiger partial charge on any atom is 0.234 e. The van der Waals surface area contributed by atoms with Crippen LogP contribution in [0.25, 0.3) is 5.69 Å². The minimum Gasteiger partial charge on any atom is -0.325 e. The molecule has 152 valence electrons. The average molecular weight is 431 g/mol. The van der Waals surface area contributed by atoms with Gasteiger partial charge in [0, 0.05) is 18.1 Å². The van der Waals surface area contributed by atoms with Crippen molar-refractivity contribution < 1.29 is 13.2 Å². The molecule has 1 amide bonds. The summed E-state index contributed by atoms with van der Waals surface area (Å²) in [6, 6.07) is 13.1. The van der Waals surface area contributed by atoms with Crippen LogP contribution in [0.5, 0.6) is 0 Å². The van der Waals surface area contributed by atoms with E-state index in [-0.39, 0.29) is 11.7 Å². The molecule has 0 aliphatic heterocycles. The van der Waals surface area contributed by atoms with Crippen molar-refractivity contribution in [2.75, 3.05) is 22.0 Å². The van der Waals surface area contributed by atoms with Gasteiger partial charge in [0.05, 0.1) is 23.4 Å². The van der Waals surface area contributed by atoms with Crippen molar-refractivity contribution in [2.24, 2.45) is 0 Å². The SMILES string of the molecule is Cc1ccc(NC(=O)CSc2nccn2-c2ccccc2C)cc1NS(C)(=O)=O. The van der Waals surface area contributed by atoms with Gasteiger partial charge in [-0.25, -0.2) is 13.4 Å². The number of thioether (sulfide) groups is 1. The minimum atomic E-state index is -3.40. The lowest BCUT2D eigenvalue weighted by molar-refractivity contribution is -0.113. The van der Waals surface area contributed by atoms with Crippen molar-refractivity contribution in [3.8, 4) is 5.69 Å². The fourth-order valence-corrected chi connectivity index (χ4v) is 4.14. The molecule has 9 heteroatoms. The summed E-state index contributed by atoms with van der Waals surface area (Å²) in [4.78, 5) is 16.7. The second-order valence-electron chi connectivity index (χ2n) is 6.61. The van der Waals surface area contributed by atoms with Gasteiger partial charge < -0.3 is 5.32 Å². The van der Waals surface area contributed by atoms with E-state index >= 15 is 0 Å². The lowest BCUT2D eigenvalue weighted by atomic mass is 10.2. The number of amides is 1. The van der Waals surface area contributed by atoms with Gasteiger partial charge in [0.1, 0.15) is 0 Å². The number of nitrogens with one attached hydrogen (secondary N) is 2. The molecule has 7 nitrogen and oxygen atoms in total. The van der Waals surface area contributed by atoms with Gasteiger partial charge in [-0.1, -0.05) is 36.0 Å². The van der Waals surface area contributed by atoms with Gasteiger partial charge in [0.25, 0.3) is 0 Å². The third-order valence-electron chi connectivity index (χ3n) is 4.13. The second-order valence-corrected chi connectivity index (χ2v) is 9.30. The average Bonchev–Trinajstić information content (AvgIpc) is 3.10. The van der Waals surface area contributed by atoms with Gasteiger partial charge in [-0.2, -0.15) is 0 Å². The summed E-state index contributed by atoms with van der Waals surface area (Å²) >= 11 is 1.33. The number of carbonyl (C=O) groups excluding carboxylic acids is 1. The third-order valence-corrected chi connectivity index (χ3v) is 5.69. The minimum absolute atomic E-state index is 0.172. The molecule has 0 unspecified atom stereocenters. The molecule has 0 bridgehead atoms. The van der Waals surface area contributed by atoms with E-state index in [1.165, 1.54) is 11.8 Å². The molecule has 0 saturated heterocycles. The first-order chi connectivity index (χ1) is 13.7. The Labute approximate surface area is 174 Å². The first-order valence-electron chi connectivity index (χ1n) is 8.83. The first-order valence-corrected chi connectivity index (χ1v) is 11.7. The summed E-state index contributed by atoms with van der Waals surface area (Å²) in [5.41, 5.74) is 3.86. The number of nitrogens with zero attached hydrogens (tertiary/aromatic N) is 2. The molecule has 0 aliphatic carbocycles. The largest absolute Gasteiger partial charge is 0.325 e. The highest BCUT2D eigenvalue weighted by Crippen LogP contribution is 2.24. The molecule has 0 aliphatic rings. The van der Waals surface area contributed by atoms with Crippen molar-refractivity contribution in [1.82, 2.24) is 9.55 Å². The van der Waals surface area contributed by atoms with E-state index in [0.717, 1.165) is 28.2 Å². The highest BCUT2D eigenvalue weighted by atomic mass is 32.2. The zero-order valence-electron chi connectivity index (χ0n) is 16.3. The lowest BCUT2D eigenvalue weighted by Crippen LogP contribution is -2.15. The molecule has 0 saturated carbocycles. The van der Waals surface area contributed by atoms with Crippen molar-refractivity contribution in [2.45, 2.75) is 19.0 Å². The van der Waals surface area contributed by atoms with E-state index < -0.39 is 10.0 Å². The number of benzene rings is 2. The van der Waals surface area contributed by atoms with Gasteiger partial charge >= 0.3 is 0 Å². The Morgan fingerprint density at radius 2 is 1.90 bits per heavy atom. The number of sulfonamides is 1. The monoisotopic (exact) mass is 430 g/mol. The third kappa shape index (κ3) is 5.61. The molecular weight excluding hydrogens is 408 g/mol. The van der Waals surface area contributed by atoms with Crippen LogP contribution >= 0.6 is 11.8 Å².